The van der Waals surface area contributed by atoms with Crippen molar-refractivity contribution in [2.24, 2.45) is 0 Å². The zero-order valence-electron chi connectivity index (χ0n) is 29.9. The normalized spacial score (nSPS) is 11.1. The standard InChI is InChI=1S/C21H20N.C20H14N.C5H8O2.Ir/c1-21(2,3)19-12-13-20(22-15-19)18-11-7-10-17(14-18)16-8-5-4-6-9-16;1-14-5-4-7-16(11-14)20-12-19-17(13-21-20)10-9-15-6-2-3-8-18(15)19;1-4(6)3-5(2)7;/h4-10,12-15H,1-3H3;2-6,8-13H,1H3;3,6H,1-2H3;/q2*-1;;. The third kappa shape index (κ3) is 10.6. The van der Waals surface area contributed by atoms with Crippen molar-refractivity contribution in [2.45, 2.75) is 47.0 Å². The number of nitrogens with zero attached hydrogens (tertiary/aromatic N) is 2. The van der Waals surface area contributed by atoms with Crippen molar-refractivity contribution < 1.29 is 30.0 Å². The van der Waals surface area contributed by atoms with Gasteiger partial charge in [0.2, 0.25) is 0 Å². The first kappa shape index (κ1) is 38.6. The molecule has 51 heavy (non-hydrogen) atoms. The number of benzene rings is 5. The van der Waals surface area contributed by atoms with Crippen LogP contribution in [0.2, 0.25) is 0 Å². The summed E-state index contributed by atoms with van der Waals surface area (Å²) >= 11 is 0. The molecule has 2 aromatic heterocycles. The number of hydrogen-bond acceptors (Lipinski definition) is 4. The molecule has 1 radical (unpaired) electrons. The zero-order chi connectivity index (χ0) is 35.7. The van der Waals surface area contributed by atoms with Gasteiger partial charge in [-0.05, 0) is 63.3 Å². The number of ketones is 1. The second-order valence-electron chi connectivity index (χ2n) is 13.3. The molecule has 7 aromatic rings. The summed E-state index contributed by atoms with van der Waals surface area (Å²) in [6.07, 6.45) is 5.09. The molecule has 7 rings (SSSR count). The molecule has 259 valence electrons. The molecule has 0 aliphatic carbocycles. The first-order valence-electron chi connectivity index (χ1n) is 16.7. The summed E-state index contributed by atoms with van der Waals surface area (Å²) in [7, 11) is 0. The van der Waals surface area contributed by atoms with E-state index in [-0.39, 0.29) is 37.1 Å². The number of aliphatic hydroxyl groups excluding tert-OH is 1. The molecule has 1 N–H and O–H groups in total. The number of pyridine rings is 2. The van der Waals surface area contributed by atoms with Gasteiger partial charge in [0.25, 0.3) is 0 Å². The topological polar surface area (TPSA) is 63.1 Å². The van der Waals surface area contributed by atoms with Gasteiger partial charge in [-0.3, -0.25) is 4.79 Å². The summed E-state index contributed by atoms with van der Waals surface area (Å²) in [6, 6.07) is 48.5. The van der Waals surface area contributed by atoms with Crippen LogP contribution in [-0.2, 0) is 30.3 Å². The van der Waals surface area contributed by atoms with Crippen molar-refractivity contribution in [2.75, 3.05) is 0 Å². The Morgan fingerprint density at radius 2 is 1.31 bits per heavy atom. The van der Waals surface area contributed by atoms with E-state index in [1.165, 1.54) is 63.7 Å². The Morgan fingerprint density at radius 1 is 0.667 bits per heavy atom. The van der Waals surface area contributed by atoms with Crippen molar-refractivity contribution in [3.63, 3.8) is 0 Å². The van der Waals surface area contributed by atoms with Crippen molar-refractivity contribution >= 4 is 27.3 Å². The molecule has 0 aliphatic rings. The van der Waals surface area contributed by atoms with Crippen molar-refractivity contribution in [3.05, 3.63) is 169 Å². The molecule has 2 heterocycles. The van der Waals surface area contributed by atoms with Crippen molar-refractivity contribution in [3.8, 4) is 33.6 Å². The fourth-order valence-electron chi connectivity index (χ4n) is 5.49. The van der Waals surface area contributed by atoms with Gasteiger partial charge in [-0.15, -0.1) is 70.8 Å². The Hall–Kier alpha value is -5.22. The molecule has 0 saturated heterocycles. The molecule has 0 fully saturated rings. The molecule has 4 nitrogen and oxygen atoms in total. The number of hydrogen-bond donors (Lipinski definition) is 1. The number of aliphatic hydroxyl groups is 1. The number of aryl methyl sites for hydroxylation is 1. The fraction of sp³-hybridized carbons (Fsp3) is 0.152. The molecule has 5 aromatic carbocycles. The van der Waals surface area contributed by atoms with E-state index in [4.69, 9.17) is 5.11 Å². The van der Waals surface area contributed by atoms with Crippen LogP contribution >= 0.6 is 0 Å². The Balaban J connectivity index is 0.000000191. The summed E-state index contributed by atoms with van der Waals surface area (Å²) in [5, 5.41) is 13.3. The van der Waals surface area contributed by atoms with Crippen LogP contribution in [0.25, 0.3) is 55.2 Å². The van der Waals surface area contributed by atoms with Crippen LogP contribution in [0.1, 0.15) is 45.7 Å². The average molecular weight is 847 g/mol. The Labute approximate surface area is 315 Å². The number of carbonyl (C=O) groups excluding carboxylic acids is 1. The van der Waals surface area contributed by atoms with Gasteiger partial charge in [-0.2, -0.15) is 0 Å². The summed E-state index contributed by atoms with van der Waals surface area (Å²) in [5.74, 6) is -0.0625. The number of carbonyl (C=O) groups is 1. The molecule has 0 bridgehead atoms. The average Bonchev–Trinajstić information content (AvgIpc) is 3.11. The van der Waals surface area contributed by atoms with E-state index in [2.05, 4.69) is 153 Å². The van der Waals surface area contributed by atoms with E-state index in [9.17, 15) is 4.79 Å². The van der Waals surface area contributed by atoms with Gasteiger partial charge in [0.1, 0.15) is 0 Å². The van der Waals surface area contributed by atoms with Crippen molar-refractivity contribution in [1.82, 2.24) is 9.97 Å². The summed E-state index contributed by atoms with van der Waals surface area (Å²) < 4.78 is 0. The van der Waals surface area contributed by atoms with E-state index < -0.39 is 0 Å². The van der Waals surface area contributed by atoms with E-state index in [0.717, 1.165) is 22.5 Å². The van der Waals surface area contributed by atoms with E-state index in [1.54, 1.807) is 0 Å². The molecule has 0 saturated carbocycles. The molecule has 5 heteroatoms. The minimum Gasteiger partial charge on any atom is -0.512 e. The summed E-state index contributed by atoms with van der Waals surface area (Å²) in [4.78, 5) is 19.2. The van der Waals surface area contributed by atoms with Gasteiger partial charge in [0.15, 0.2) is 5.78 Å². The number of aromatic nitrogens is 2. The van der Waals surface area contributed by atoms with Gasteiger partial charge in [0.05, 0.1) is 5.76 Å². The smallest absolute Gasteiger partial charge is 0.155 e. The molecular formula is C46H42IrN2O2-2. The molecule has 0 spiro atoms. The van der Waals surface area contributed by atoms with Gasteiger partial charge < -0.3 is 15.1 Å². The maximum absolute atomic E-state index is 10.0. The van der Waals surface area contributed by atoms with Crippen LogP contribution in [0.5, 0.6) is 0 Å². The third-order valence-corrected chi connectivity index (χ3v) is 8.09. The molecule has 0 unspecified atom stereocenters. The second kappa shape index (κ2) is 17.6. The van der Waals surface area contributed by atoms with Crippen LogP contribution < -0.4 is 0 Å². The van der Waals surface area contributed by atoms with E-state index in [1.807, 2.05) is 30.6 Å². The minimum atomic E-state index is -0.125. The first-order chi connectivity index (χ1) is 24.0. The minimum absolute atomic E-state index is 0. The first-order valence-corrected chi connectivity index (χ1v) is 16.7. The van der Waals surface area contributed by atoms with E-state index in [0.29, 0.717) is 0 Å². The SMILES string of the molecule is CC(=O)C=C(C)O.CC(C)(C)c1ccc(-c2[c-]ccc(-c3ccccc3)c2)nc1.Cc1cc[c-]c(-c2cc3c(ccc4ccccc43)cn2)c1.[Ir]. The maximum Gasteiger partial charge on any atom is 0.155 e. The fourth-order valence-corrected chi connectivity index (χ4v) is 5.49. The largest absolute Gasteiger partial charge is 0.512 e. The third-order valence-electron chi connectivity index (χ3n) is 8.09. The van der Waals surface area contributed by atoms with Gasteiger partial charge in [0, 0.05) is 38.6 Å². The van der Waals surface area contributed by atoms with Crippen LogP contribution in [-0.4, -0.2) is 20.9 Å². The maximum atomic E-state index is 10.0. The van der Waals surface area contributed by atoms with Gasteiger partial charge >= 0.3 is 0 Å². The van der Waals surface area contributed by atoms with Crippen LogP contribution in [0.3, 0.4) is 0 Å². The Kier molecular flexibility index (Phi) is 13.3. The van der Waals surface area contributed by atoms with Crippen molar-refractivity contribution in [1.29, 1.82) is 0 Å². The molecular weight excluding hydrogens is 805 g/mol. The quantitative estimate of drug-likeness (QED) is 0.0830. The summed E-state index contributed by atoms with van der Waals surface area (Å²) in [5.41, 5.74) is 9.01. The Morgan fingerprint density at radius 3 is 1.94 bits per heavy atom. The Bertz CT molecular complexity index is 2250. The van der Waals surface area contributed by atoms with Gasteiger partial charge in [-0.25, -0.2) is 0 Å². The summed E-state index contributed by atoms with van der Waals surface area (Å²) in [6.45, 7) is 11.5. The predicted octanol–water partition coefficient (Wildman–Crippen LogP) is 11.7. The van der Waals surface area contributed by atoms with Gasteiger partial charge in [-0.1, -0.05) is 113 Å². The molecule has 0 atom stereocenters. The number of rotatable bonds is 4. The predicted molar refractivity (Wildman–Crippen MR) is 208 cm³/mol. The number of allylic oxidation sites excluding steroid dienone is 2. The monoisotopic (exact) mass is 847 g/mol. The molecule has 0 aliphatic heterocycles. The number of fused-ring (bicyclic) bond motifs is 3. The zero-order valence-corrected chi connectivity index (χ0v) is 32.3. The van der Waals surface area contributed by atoms with E-state index >= 15 is 0 Å². The second-order valence-corrected chi connectivity index (χ2v) is 13.3. The molecule has 0 amide bonds. The van der Waals surface area contributed by atoms with Crippen LogP contribution in [0.15, 0.2) is 146 Å². The van der Waals surface area contributed by atoms with Crippen LogP contribution in [0, 0.1) is 19.1 Å². The van der Waals surface area contributed by atoms with Crippen LogP contribution in [0.4, 0.5) is 0 Å².